The molecule has 2 aromatic rings. The Morgan fingerprint density at radius 2 is 1.65 bits per heavy atom. The van der Waals surface area contributed by atoms with Crippen LogP contribution in [0.25, 0.3) is 0 Å². The van der Waals surface area contributed by atoms with Gasteiger partial charge < -0.3 is 14.6 Å². The molecule has 1 aliphatic rings. The van der Waals surface area contributed by atoms with Crippen molar-refractivity contribution in [3.63, 3.8) is 0 Å². The second-order valence-electron chi connectivity index (χ2n) is 4.95. The van der Waals surface area contributed by atoms with E-state index in [0.29, 0.717) is 11.1 Å². The minimum atomic E-state index is -1.42. The van der Waals surface area contributed by atoms with Gasteiger partial charge in [-0.2, -0.15) is 0 Å². The third-order valence-corrected chi connectivity index (χ3v) is 4.02. The standard InChI is InChI=1S/C16H10Cl2O5/c1-7-5-11-12(23-16(22-11)15(20)21)6-8(7)14(19)13-9(17)3-2-4-10(13)18/h2-6,16H,1H3,(H,20,21). The molecular weight excluding hydrogens is 343 g/mol. The normalized spacial score (nSPS) is 15.5. The largest absolute Gasteiger partial charge is 0.476 e. The van der Waals surface area contributed by atoms with Gasteiger partial charge >= 0.3 is 12.3 Å². The predicted octanol–water partition coefficient (Wildman–Crippen LogP) is 3.71. The van der Waals surface area contributed by atoms with Gasteiger partial charge in [0.2, 0.25) is 0 Å². The Labute approximate surface area is 141 Å². The van der Waals surface area contributed by atoms with E-state index in [-0.39, 0.29) is 32.9 Å². The van der Waals surface area contributed by atoms with Crippen molar-refractivity contribution in [1.82, 2.24) is 0 Å². The van der Waals surface area contributed by atoms with E-state index < -0.39 is 12.3 Å². The van der Waals surface area contributed by atoms with Gasteiger partial charge in [0, 0.05) is 5.56 Å². The second kappa shape index (κ2) is 5.76. The van der Waals surface area contributed by atoms with Gasteiger partial charge in [0.05, 0.1) is 15.6 Å². The van der Waals surface area contributed by atoms with Crippen molar-refractivity contribution in [1.29, 1.82) is 0 Å². The quantitative estimate of drug-likeness (QED) is 0.852. The molecule has 1 atom stereocenters. The van der Waals surface area contributed by atoms with Gasteiger partial charge in [-0.05, 0) is 36.8 Å². The maximum absolute atomic E-state index is 12.7. The minimum Gasteiger partial charge on any atom is -0.476 e. The molecule has 23 heavy (non-hydrogen) atoms. The van der Waals surface area contributed by atoms with Crippen LogP contribution in [0.15, 0.2) is 30.3 Å². The van der Waals surface area contributed by atoms with Gasteiger partial charge in [-0.15, -0.1) is 0 Å². The zero-order chi connectivity index (χ0) is 16.7. The van der Waals surface area contributed by atoms with E-state index in [4.69, 9.17) is 37.8 Å². The first-order valence-electron chi connectivity index (χ1n) is 6.58. The number of ether oxygens (including phenoxy) is 2. The molecule has 118 valence electrons. The van der Waals surface area contributed by atoms with Gasteiger partial charge in [-0.25, -0.2) is 4.79 Å². The molecule has 1 unspecified atom stereocenters. The Morgan fingerprint density at radius 1 is 1.09 bits per heavy atom. The molecule has 0 fully saturated rings. The lowest BCUT2D eigenvalue weighted by Gasteiger charge is -2.09. The summed E-state index contributed by atoms with van der Waals surface area (Å²) in [5, 5.41) is 9.41. The lowest BCUT2D eigenvalue weighted by molar-refractivity contribution is -0.154. The van der Waals surface area contributed by atoms with Crippen molar-refractivity contribution in [3.8, 4) is 11.5 Å². The summed E-state index contributed by atoms with van der Waals surface area (Å²) in [6, 6.07) is 7.78. The average molecular weight is 353 g/mol. The molecule has 1 heterocycles. The molecule has 0 aliphatic carbocycles. The number of aryl methyl sites for hydroxylation is 1. The molecule has 7 heteroatoms. The van der Waals surface area contributed by atoms with E-state index in [2.05, 4.69) is 0 Å². The monoisotopic (exact) mass is 352 g/mol. The average Bonchev–Trinajstić information content (AvgIpc) is 2.89. The first-order valence-corrected chi connectivity index (χ1v) is 7.33. The number of aliphatic carboxylic acids is 1. The number of benzene rings is 2. The van der Waals surface area contributed by atoms with E-state index >= 15 is 0 Å². The molecule has 2 aromatic carbocycles. The van der Waals surface area contributed by atoms with Gasteiger partial charge in [0.1, 0.15) is 0 Å². The molecule has 5 nitrogen and oxygen atoms in total. The Kier molecular flexibility index (Phi) is 3.92. The summed E-state index contributed by atoms with van der Waals surface area (Å²) in [6.45, 7) is 1.70. The lowest BCUT2D eigenvalue weighted by Crippen LogP contribution is -2.28. The molecule has 0 aromatic heterocycles. The highest BCUT2D eigenvalue weighted by molar-refractivity contribution is 6.41. The number of hydrogen-bond acceptors (Lipinski definition) is 4. The van der Waals surface area contributed by atoms with Crippen LogP contribution in [0.2, 0.25) is 10.0 Å². The van der Waals surface area contributed by atoms with Crippen molar-refractivity contribution in [2.75, 3.05) is 0 Å². The number of hydrogen-bond donors (Lipinski definition) is 1. The molecule has 0 saturated carbocycles. The molecule has 0 radical (unpaired) electrons. The fourth-order valence-corrected chi connectivity index (χ4v) is 2.86. The van der Waals surface area contributed by atoms with Gasteiger partial charge in [0.25, 0.3) is 0 Å². The summed E-state index contributed by atoms with van der Waals surface area (Å²) in [6.07, 6.45) is -1.42. The fourth-order valence-electron chi connectivity index (χ4n) is 2.30. The molecule has 0 amide bonds. The van der Waals surface area contributed by atoms with E-state index in [0.717, 1.165) is 0 Å². The first kappa shape index (κ1) is 15.6. The number of ketones is 1. The Morgan fingerprint density at radius 3 is 2.22 bits per heavy atom. The number of fused-ring (bicyclic) bond motifs is 1. The zero-order valence-electron chi connectivity index (χ0n) is 11.8. The SMILES string of the molecule is Cc1cc2c(cc1C(=O)c1c(Cl)cccc1Cl)OC(C(=O)O)O2. The summed E-state index contributed by atoms with van der Waals surface area (Å²) < 4.78 is 10.3. The Balaban J connectivity index is 2.04. The smallest absolute Gasteiger partial charge is 0.387 e. The maximum atomic E-state index is 12.7. The topological polar surface area (TPSA) is 72.8 Å². The molecule has 0 bridgehead atoms. The summed E-state index contributed by atoms with van der Waals surface area (Å²) in [5.41, 5.74) is 1.10. The van der Waals surface area contributed by atoms with Crippen molar-refractivity contribution in [2.24, 2.45) is 0 Å². The van der Waals surface area contributed by atoms with Crippen molar-refractivity contribution >= 4 is 35.0 Å². The van der Waals surface area contributed by atoms with Gasteiger partial charge in [-0.1, -0.05) is 29.3 Å². The van der Waals surface area contributed by atoms with Crippen LogP contribution in [-0.4, -0.2) is 23.1 Å². The van der Waals surface area contributed by atoms with Gasteiger partial charge in [-0.3, -0.25) is 4.79 Å². The van der Waals surface area contributed by atoms with Crippen LogP contribution in [0, 0.1) is 6.92 Å². The highest BCUT2D eigenvalue weighted by Gasteiger charge is 2.32. The van der Waals surface area contributed by atoms with Crippen molar-refractivity contribution in [3.05, 3.63) is 57.1 Å². The highest BCUT2D eigenvalue weighted by Crippen LogP contribution is 2.38. The number of halogens is 2. The molecule has 0 saturated heterocycles. The molecule has 0 spiro atoms. The number of carbonyl (C=O) groups excluding carboxylic acids is 1. The molecule has 1 N–H and O–H groups in total. The number of rotatable bonds is 3. The van der Waals surface area contributed by atoms with Crippen LogP contribution >= 0.6 is 23.2 Å². The van der Waals surface area contributed by atoms with Crippen molar-refractivity contribution in [2.45, 2.75) is 13.2 Å². The van der Waals surface area contributed by atoms with Crippen LogP contribution in [-0.2, 0) is 4.79 Å². The summed E-state index contributed by atoms with van der Waals surface area (Å²) in [5.74, 6) is -1.16. The van der Waals surface area contributed by atoms with Crippen LogP contribution in [0.4, 0.5) is 0 Å². The molecular formula is C16H10Cl2O5. The summed E-state index contributed by atoms with van der Waals surface area (Å²) >= 11 is 12.1. The van der Waals surface area contributed by atoms with Crippen LogP contribution in [0.5, 0.6) is 11.5 Å². The third-order valence-electron chi connectivity index (χ3n) is 3.39. The predicted molar refractivity (Wildman–Crippen MR) is 83.8 cm³/mol. The van der Waals surface area contributed by atoms with E-state index in [1.807, 2.05) is 0 Å². The fraction of sp³-hybridized carbons (Fsp3) is 0.125. The summed E-state index contributed by atoms with van der Waals surface area (Å²) in [4.78, 5) is 23.7. The zero-order valence-corrected chi connectivity index (χ0v) is 13.3. The lowest BCUT2D eigenvalue weighted by atomic mass is 9.98. The second-order valence-corrected chi connectivity index (χ2v) is 5.76. The summed E-state index contributed by atoms with van der Waals surface area (Å²) in [7, 11) is 0. The van der Waals surface area contributed by atoms with Crippen LogP contribution in [0.3, 0.4) is 0 Å². The molecule has 1 aliphatic heterocycles. The van der Waals surface area contributed by atoms with E-state index in [1.165, 1.54) is 6.07 Å². The molecule has 3 rings (SSSR count). The number of carboxylic acids is 1. The van der Waals surface area contributed by atoms with E-state index in [9.17, 15) is 9.59 Å². The Bertz CT molecular complexity index is 811. The third kappa shape index (κ3) is 2.73. The van der Waals surface area contributed by atoms with Crippen LogP contribution in [0.1, 0.15) is 21.5 Å². The number of carbonyl (C=O) groups is 2. The highest BCUT2D eigenvalue weighted by atomic mass is 35.5. The minimum absolute atomic E-state index is 0.188. The van der Waals surface area contributed by atoms with Crippen LogP contribution < -0.4 is 9.47 Å². The van der Waals surface area contributed by atoms with Crippen molar-refractivity contribution < 1.29 is 24.2 Å². The van der Waals surface area contributed by atoms with Gasteiger partial charge in [0.15, 0.2) is 17.3 Å². The Hall–Kier alpha value is -2.24. The maximum Gasteiger partial charge on any atom is 0.387 e. The first-order chi connectivity index (χ1) is 10.9. The number of carboxylic acid groups (broad SMARTS) is 1. The van der Waals surface area contributed by atoms with E-state index in [1.54, 1.807) is 31.2 Å².